The Morgan fingerprint density at radius 1 is 1.24 bits per heavy atom. The van der Waals surface area contributed by atoms with E-state index in [0.29, 0.717) is 11.3 Å². The number of carbonyl (C=O) groups is 1. The standard InChI is InChI=1S/C15H15FN2O3/c1-10(2)21-15(20)9-18-14(19)8-7-13(17-18)11-3-5-12(16)6-4-11/h3-8,10H,9H2,1-2H3. The molecule has 0 N–H and O–H groups in total. The van der Waals surface area contributed by atoms with E-state index in [2.05, 4.69) is 5.10 Å². The summed E-state index contributed by atoms with van der Waals surface area (Å²) in [6, 6.07) is 8.56. The molecule has 0 saturated carbocycles. The van der Waals surface area contributed by atoms with Crippen molar-refractivity contribution in [2.24, 2.45) is 0 Å². The number of halogens is 1. The largest absolute Gasteiger partial charge is 0.462 e. The van der Waals surface area contributed by atoms with Gasteiger partial charge in [-0.15, -0.1) is 0 Å². The van der Waals surface area contributed by atoms with Gasteiger partial charge in [0.1, 0.15) is 12.4 Å². The lowest BCUT2D eigenvalue weighted by Gasteiger charge is -2.09. The van der Waals surface area contributed by atoms with Gasteiger partial charge in [0, 0.05) is 11.6 Å². The van der Waals surface area contributed by atoms with Gasteiger partial charge in [0.25, 0.3) is 5.56 Å². The van der Waals surface area contributed by atoms with Crippen LogP contribution < -0.4 is 5.56 Å². The molecule has 0 fully saturated rings. The van der Waals surface area contributed by atoms with E-state index >= 15 is 0 Å². The molecule has 0 saturated heterocycles. The van der Waals surface area contributed by atoms with Gasteiger partial charge in [-0.05, 0) is 44.2 Å². The van der Waals surface area contributed by atoms with E-state index in [1.165, 1.54) is 24.3 Å². The van der Waals surface area contributed by atoms with Crippen molar-refractivity contribution < 1.29 is 13.9 Å². The Bertz CT molecular complexity index is 693. The molecule has 0 amide bonds. The van der Waals surface area contributed by atoms with Crippen molar-refractivity contribution in [3.8, 4) is 11.3 Å². The number of hydrogen-bond donors (Lipinski definition) is 0. The second kappa shape index (κ2) is 6.30. The van der Waals surface area contributed by atoms with E-state index in [1.807, 2.05) is 0 Å². The Morgan fingerprint density at radius 2 is 1.90 bits per heavy atom. The molecule has 6 heteroatoms. The van der Waals surface area contributed by atoms with E-state index in [1.54, 1.807) is 26.0 Å². The zero-order valence-electron chi connectivity index (χ0n) is 11.7. The number of nitrogens with zero attached hydrogens (tertiary/aromatic N) is 2. The van der Waals surface area contributed by atoms with Gasteiger partial charge in [-0.1, -0.05) is 0 Å². The summed E-state index contributed by atoms with van der Waals surface area (Å²) in [4.78, 5) is 23.3. The van der Waals surface area contributed by atoms with E-state index in [4.69, 9.17) is 4.74 Å². The molecule has 5 nitrogen and oxygen atoms in total. The highest BCUT2D eigenvalue weighted by atomic mass is 19.1. The van der Waals surface area contributed by atoms with Crippen LogP contribution in [0.15, 0.2) is 41.2 Å². The van der Waals surface area contributed by atoms with Crippen LogP contribution in [0.4, 0.5) is 4.39 Å². The first-order valence-electron chi connectivity index (χ1n) is 6.49. The maximum atomic E-state index is 12.9. The highest BCUT2D eigenvalue weighted by Gasteiger charge is 2.10. The highest BCUT2D eigenvalue weighted by molar-refractivity contribution is 5.69. The topological polar surface area (TPSA) is 61.2 Å². The highest BCUT2D eigenvalue weighted by Crippen LogP contribution is 2.15. The molecular weight excluding hydrogens is 275 g/mol. The summed E-state index contributed by atoms with van der Waals surface area (Å²) < 4.78 is 18.9. The number of rotatable bonds is 4. The van der Waals surface area contributed by atoms with E-state index in [9.17, 15) is 14.0 Å². The molecule has 0 spiro atoms. The van der Waals surface area contributed by atoms with Crippen molar-refractivity contribution in [3.63, 3.8) is 0 Å². The molecule has 0 unspecified atom stereocenters. The van der Waals surface area contributed by atoms with Gasteiger partial charge in [0.05, 0.1) is 11.8 Å². The van der Waals surface area contributed by atoms with Crippen molar-refractivity contribution >= 4 is 5.97 Å². The Balaban J connectivity index is 2.27. The second-order valence-electron chi connectivity index (χ2n) is 4.76. The Kier molecular flexibility index (Phi) is 4.47. The van der Waals surface area contributed by atoms with E-state index in [-0.39, 0.29) is 18.5 Å². The summed E-state index contributed by atoms with van der Waals surface area (Å²) in [5.74, 6) is -0.886. The summed E-state index contributed by atoms with van der Waals surface area (Å²) in [6.07, 6.45) is -0.256. The molecular formula is C15H15FN2O3. The number of aromatic nitrogens is 2. The van der Waals surface area contributed by atoms with Gasteiger partial charge in [-0.3, -0.25) is 9.59 Å². The van der Waals surface area contributed by atoms with Crippen LogP contribution in [0.3, 0.4) is 0 Å². The maximum Gasteiger partial charge on any atom is 0.328 e. The molecule has 0 atom stereocenters. The maximum absolute atomic E-state index is 12.9. The van der Waals surface area contributed by atoms with Crippen molar-refractivity contribution in [1.29, 1.82) is 0 Å². The third-order valence-electron chi connectivity index (χ3n) is 2.65. The minimum atomic E-state index is -0.532. The van der Waals surface area contributed by atoms with Crippen molar-refractivity contribution in [3.05, 3.63) is 52.6 Å². The predicted octanol–water partition coefficient (Wildman–Crippen LogP) is 2.00. The fraction of sp³-hybridized carbons (Fsp3) is 0.267. The number of hydrogen-bond acceptors (Lipinski definition) is 4. The van der Waals surface area contributed by atoms with Crippen molar-refractivity contribution in [2.45, 2.75) is 26.5 Å². The number of esters is 1. The molecule has 0 aliphatic rings. The van der Waals surface area contributed by atoms with Gasteiger partial charge in [0.2, 0.25) is 0 Å². The fourth-order valence-electron chi connectivity index (χ4n) is 1.76. The van der Waals surface area contributed by atoms with Gasteiger partial charge in [-0.25, -0.2) is 9.07 Å². The molecule has 1 aromatic carbocycles. The van der Waals surface area contributed by atoms with Gasteiger partial charge in [0.15, 0.2) is 0 Å². The Labute approximate surface area is 121 Å². The molecule has 21 heavy (non-hydrogen) atoms. The van der Waals surface area contributed by atoms with Crippen LogP contribution in [0, 0.1) is 5.82 Å². The first-order chi connectivity index (χ1) is 9.95. The van der Waals surface area contributed by atoms with E-state index in [0.717, 1.165) is 4.68 Å². The monoisotopic (exact) mass is 290 g/mol. The van der Waals surface area contributed by atoms with Crippen molar-refractivity contribution in [1.82, 2.24) is 9.78 Å². The number of ether oxygens (including phenoxy) is 1. The molecule has 2 aromatic rings. The lowest BCUT2D eigenvalue weighted by molar-refractivity contribution is -0.148. The van der Waals surface area contributed by atoms with Crippen LogP contribution >= 0.6 is 0 Å². The van der Waals surface area contributed by atoms with Crippen LogP contribution in [0.1, 0.15) is 13.8 Å². The molecule has 0 bridgehead atoms. The van der Waals surface area contributed by atoms with Crippen LogP contribution in [-0.4, -0.2) is 21.9 Å². The number of benzene rings is 1. The Morgan fingerprint density at radius 3 is 2.52 bits per heavy atom. The van der Waals surface area contributed by atoms with E-state index < -0.39 is 11.5 Å². The lowest BCUT2D eigenvalue weighted by atomic mass is 10.1. The van der Waals surface area contributed by atoms with Gasteiger partial charge < -0.3 is 4.74 Å². The van der Waals surface area contributed by atoms with Crippen LogP contribution in [-0.2, 0) is 16.1 Å². The molecule has 0 aliphatic heterocycles. The molecule has 2 rings (SSSR count). The smallest absolute Gasteiger partial charge is 0.328 e. The summed E-state index contributed by atoms with van der Waals surface area (Å²) in [5.41, 5.74) is 0.732. The quantitative estimate of drug-likeness (QED) is 0.808. The molecule has 110 valence electrons. The molecule has 1 heterocycles. The summed E-state index contributed by atoms with van der Waals surface area (Å²) >= 11 is 0. The SMILES string of the molecule is CC(C)OC(=O)Cn1nc(-c2ccc(F)cc2)ccc1=O. The third kappa shape index (κ3) is 3.98. The average Bonchev–Trinajstić information content (AvgIpc) is 2.41. The summed E-state index contributed by atoms with van der Waals surface area (Å²) in [7, 11) is 0. The summed E-state index contributed by atoms with van der Waals surface area (Å²) in [6.45, 7) is 3.19. The lowest BCUT2D eigenvalue weighted by Crippen LogP contribution is -2.28. The van der Waals surface area contributed by atoms with Gasteiger partial charge in [-0.2, -0.15) is 5.10 Å². The third-order valence-corrected chi connectivity index (χ3v) is 2.65. The minimum Gasteiger partial charge on any atom is -0.462 e. The second-order valence-corrected chi connectivity index (χ2v) is 4.76. The summed E-state index contributed by atoms with van der Waals surface area (Å²) in [5, 5.41) is 4.10. The predicted molar refractivity (Wildman–Crippen MR) is 75.1 cm³/mol. The Hall–Kier alpha value is -2.50. The first-order valence-corrected chi connectivity index (χ1v) is 6.49. The zero-order valence-corrected chi connectivity index (χ0v) is 11.7. The van der Waals surface area contributed by atoms with Crippen LogP contribution in [0.2, 0.25) is 0 Å². The molecule has 0 aliphatic carbocycles. The minimum absolute atomic E-state index is 0.256. The van der Waals surface area contributed by atoms with Crippen molar-refractivity contribution in [2.75, 3.05) is 0 Å². The molecule has 0 radical (unpaired) electrons. The van der Waals surface area contributed by atoms with Gasteiger partial charge >= 0.3 is 5.97 Å². The number of carbonyl (C=O) groups excluding carboxylic acids is 1. The van der Waals surface area contributed by atoms with Crippen LogP contribution in [0.25, 0.3) is 11.3 Å². The normalized spacial score (nSPS) is 10.7. The fourth-order valence-corrected chi connectivity index (χ4v) is 1.76. The first kappa shape index (κ1) is 14.9. The zero-order chi connectivity index (χ0) is 15.4. The van der Waals surface area contributed by atoms with Crippen LogP contribution in [0.5, 0.6) is 0 Å². The molecule has 1 aromatic heterocycles. The average molecular weight is 290 g/mol.